The third-order valence-corrected chi connectivity index (χ3v) is 1.70. The van der Waals surface area contributed by atoms with E-state index in [1.165, 1.54) is 0 Å². The van der Waals surface area contributed by atoms with Gasteiger partial charge in [0, 0.05) is 12.4 Å². The molecule has 1 aliphatic heterocycles. The molecule has 1 atom stereocenters. The highest BCUT2D eigenvalue weighted by Gasteiger charge is 2.32. The van der Waals surface area contributed by atoms with E-state index in [0.717, 1.165) is 0 Å². The Hall–Kier alpha value is -1.85. The van der Waals surface area contributed by atoms with Crippen molar-refractivity contribution in [2.75, 3.05) is 0 Å². The number of hydrogen-bond acceptors (Lipinski definition) is 4. The van der Waals surface area contributed by atoms with Crippen LogP contribution in [-0.2, 0) is 16.1 Å². The molecule has 0 bridgehead atoms. The van der Waals surface area contributed by atoms with Gasteiger partial charge in [0.15, 0.2) is 0 Å². The third-order valence-electron chi connectivity index (χ3n) is 1.70. The van der Waals surface area contributed by atoms with Crippen LogP contribution in [0.25, 0.3) is 0 Å². The number of hydrogen-bond donors (Lipinski definition) is 1. The summed E-state index contributed by atoms with van der Waals surface area (Å²) in [5.74, 6) is -0.555. The molecule has 1 amide bonds. The number of aromatic nitrogens is 2. The lowest BCUT2D eigenvalue weighted by molar-refractivity contribution is -0.135. The molecular weight excluding hydrogens is 174 g/mol. The van der Waals surface area contributed by atoms with E-state index in [1.807, 2.05) is 0 Å². The van der Waals surface area contributed by atoms with Gasteiger partial charge in [0.25, 0.3) is 0 Å². The molecule has 2 rings (SSSR count). The fraction of sp³-hybridized carbons (Fsp3) is 0.286. The number of amides is 1. The fourth-order valence-electron chi connectivity index (χ4n) is 1.11. The molecule has 13 heavy (non-hydrogen) atoms. The van der Waals surface area contributed by atoms with Gasteiger partial charge in [-0.05, 0) is 6.07 Å². The average Bonchev–Trinajstić information content (AvgIpc) is 2.63. The number of rotatable bonds is 2. The number of carbonyl (C=O) groups is 2. The highest BCUT2D eigenvalue weighted by atomic mass is 16.6. The molecule has 1 aromatic heterocycles. The Balaban J connectivity index is 2.03. The zero-order valence-corrected chi connectivity index (χ0v) is 6.64. The molecule has 0 radical (unpaired) electrons. The topological polar surface area (TPSA) is 73.2 Å². The molecule has 0 saturated carbocycles. The predicted molar refractivity (Wildman–Crippen MR) is 40.6 cm³/mol. The molecule has 1 aliphatic rings. The maximum absolute atomic E-state index is 11.0. The van der Waals surface area contributed by atoms with Crippen molar-refractivity contribution >= 4 is 12.1 Å². The van der Waals surface area contributed by atoms with E-state index in [0.29, 0.717) is 6.54 Å². The number of nitrogens with one attached hydrogen (secondary N) is 1. The molecule has 6 heteroatoms. The minimum atomic E-state index is -0.692. The predicted octanol–water partition coefficient (Wildman–Crippen LogP) is -0.482. The van der Waals surface area contributed by atoms with Gasteiger partial charge in [-0.1, -0.05) is 0 Å². The zero-order chi connectivity index (χ0) is 9.26. The molecule has 2 heterocycles. The Morgan fingerprint density at radius 1 is 1.62 bits per heavy atom. The quantitative estimate of drug-likeness (QED) is 0.494. The summed E-state index contributed by atoms with van der Waals surface area (Å²) in [7, 11) is 0. The monoisotopic (exact) mass is 181 g/mol. The lowest BCUT2D eigenvalue weighted by atomic mass is 10.3. The molecule has 0 spiro atoms. The Morgan fingerprint density at radius 3 is 3.00 bits per heavy atom. The smallest absolute Gasteiger partial charge is 0.375 e. The second-order valence-corrected chi connectivity index (χ2v) is 2.63. The third kappa shape index (κ3) is 1.51. The number of esters is 1. The normalized spacial score (nSPS) is 21.4. The Morgan fingerprint density at radius 2 is 2.46 bits per heavy atom. The van der Waals surface area contributed by atoms with E-state index in [9.17, 15) is 9.59 Å². The van der Waals surface area contributed by atoms with Crippen LogP contribution in [0.2, 0.25) is 0 Å². The van der Waals surface area contributed by atoms with Crippen LogP contribution in [-0.4, -0.2) is 27.9 Å². The van der Waals surface area contributed by atoms with Crippen LogP contribution < -0.4 is 5.32 Å². The second kappa shape index (κ2) is 2.89. The molecule has 1 unspecified atom stereocenters. The van der Waals surface area contributed by atoms with E-state index in [4.69, 9.17) is 0 Å². The van der Waals surface area contributed by atoms with Crippen molar-refractivity contribution in [2.24, 2.45) is 0 Å². The van der Waals surface area contributed by atoms with E-state index in [1.54, 1.807) is 23.1 Å². The van der Waals surface area contributed by atoms with Gasteiger partial charge in [-0.2, -0.15) is 5.10 Å². The first-order chi connectivity index (χ1) is 6.25. The number of cyclic esters (lactones) is 2. The molecule has 0 aromatic carbocycles. The lowest BCUT2D eigenvalue weighted by Crippen LogP contribution is -2.33. The zero-order valence-electron chi connectivity index (χ0n) is 6.64. The summed E-state index contributed by atoms with van der Waals surface area (Å²) in [4.78, 5) is 21.6. The standard InChI is InChI=1S/C7H7N3O3/c11-6-5(9-7(12)13-6)4-10-3-1-2-8-10/h1-3,5H,4H2,(H,9,12). The van der Waals surface area contributed by atoms with Gasteiger partial charge in [-0.25, -0.2) is 9.59 Å². The summed E-state index contributed by atoms with van der Waals surface area (Å²) in [5.41, 5.74) is 0. The molecule has 1 fully saturated rings. The molecule has 1 N–H and O–H groups in total. The summed E-state index contributed by atoms with van der Waals surface area (Å²) < 4.78 is 5.85. The van der Waals surface area contributed by atoms with Gasteiger partial charge in [0.2, 0.25) is 0 Å². The number of nitrogens with zero attached hydrogens (tertiary/aromatic N) is 2. The first-order valence-electron chi connectivity index (χ1n) is 3.75. The summed E-state index contributed by atoms with van der Waals surface area (Å²) in [5, 5.41) is 6.27. The summed E-state index contributed by atoms with van der Waals surface area (Å²) in [6.07, 6.45) is 2.61. The van der Waals surface area contributed by atoms with Crippen molar-refractivity contribution in [3.63, 3.8) is 0 Å². The molecule has 68 valence electrons. The first kappa shape index (κ1) is 7.78. The SMILES string of the molecule is O=C1NC(Cn2cccn2)C(=O)O1. The summed E-state index contributed by atoms with van der Waals surface area (Å²) >= 11 is 0. The first-order valence-corrected chi connectivity index (χ1v) is 3.75. The van der Waals surface area contributed by atoms with Crippen LogP contribution in [0.1, 0.15) is 0 Å². The van der Waals surface area contributed by atoms with Crippen LogP contribution in [0, 0.1) is 0 Å². The Bertz CT molecular complexity index is 333. The van der Waals surface area contributed by atoms with E-state index >= 15 is 0 Å². The fourth-order valence-corrected chi connectivity index (χ4v) is 1.11. The van der Waals surface area contributed by atoms with Crippen molar-refractivity contribution in [1.82, 2.24) is 15.1 Å². The van der Waals surface area contributed by atoms with E-state index in [2.05, 4.69) is 15.2 Å². The maximum atomic E-state index is 11.0. The van der Waals surface area contributed by atoms with Crippen molar-refractivity contribution in [3.05, 3.63) is 18.5 Å². The minimum Gasteiger partial charge on any atom is -0.375 e. The van der Waals surface area contributed by atoms with E-state index < -0.39 is 18.1 Å². The Kier molecular flexibility index (Phi) is 1.73. The van der Waals surface area contributed by atoms with E-state index in [-0.39, 0.29) is 0 Å². The van der Waals surface area contributed by atoms with Crippen LogP contribution in [0.4, 0.5) is 4.79 Å². The molecule has 1 aromatic rings. The molecule has 0 aliphatic carbocycles. The van der Waals surface area contributed by atoms with Gasteiger partial charge in [-0.15, -0.1) is 0 Å². The van der Waals surface area contributed by atoms with Crippen molar-refractivity contribution in [1.29, 1.82) is 0 Å². The highest BCUT2D eigenvalue weighted by molar-refractivity contribution is 5.95. The van der Waals surface area contributed by atoms with Crippen LogP contribution >= 0.6 is 0 Å². The number of carbonyl (C=O) groups excluding carboxylic acids is 2. The second-order valence-electron chi connectivity index (χ2n) is 2.63. The van der Waals surface area contributed by atoms with Gasteiger partial charge >= 0.3 is 12.1 Å². The van der Waals surface area contributed by atoms with Gasteiger partial charge in [0.1, 0.15) is 6.04 Å². The van der Waals surface area contributed by atoms with Gasteiger partial charge in [0.05, 0.1) is 6.54 Å². The van der Waals surface area contributed by atoms with Crippen LogP contribution in [0.15, 0.2) is 18.5 Å². The average molecular weight is 181 g/mol. The van der Waals surface area contributed by atoms with Gasteiger partial charge < -0.3 is 10.1 Å². The van der Waals surface area contributed by atoms with Gasteiger partial charge in [-0.3, -0.25) is 4.68 Å². The highest BCUT2D eigenvalue weighted by Crippen LogP contribution is 2.02. The largest absolute Gasteiger partial charge is 0.415 e. The maximum Gasteiger partial charge on any atom is 0.415 e. The number of ether oxygens (including phenoxy) is 1. The van der Waals surface area contributed by atoms with Crippen LogP contribution in [0.5, 0.6) is 0 Å². The molecular formula is C7H7N3O3. The lowest BCUT2D eigenvalue weighted by Gasteiger charge is -2.04. The Labute approximate surface area is 73.5 Å². The van der Waals surface area contributed by atoms with Crippen molar-refractivity contribution in [2.45, 2.75) is 12.6 Å². The van der Waals surface area contributed by atoms with Crippen molar-refractivity contribution in [3.8, 4) is 0 Å². The molecule has 1 saturated heterocycles. The molecule has 6 nitrogen and oxygen atoms in total. The number of alkyl carbamates (subject to hydrolysis) is 1. The van der Waals surface area contributed by atoms with Crippen LogP contribution in [0.3, 0.4) is 0 Å². The van der Waals surface area contributed by atoms with Crippen molar-refractivity contribution < 1.29 is 14.3 Å². The summed E-state index contributed by atoms with van der Waals surface area (Å²) in [6.45, 7) is 0.303. The minimum absolute atomic E-state index is 0.303. The summed E-state index contributed by atoms with van der Waals surface area (Å²) in [6, 6.07) is 1.12.